The van der Waals surface area contributed by atoms with Gasteiger partial charge in [0.1, 0.15) is 5.52 Å². The van der Waals surface area contributed by atoms with Gasteiger partial charge in [-0.25, -0.2) is 9.78 Å². The molecule has 150 valence electrons. The smallest absolute Gasteiger partial charge is 0.381 e. The van der Waals surface area contributed by atoms with Crippen LogP contribution >= 0.6 is 11.6 Å². The number of rotatable bonds is 6. The minimum atomic E-state index is -3.74. The topological polar surface area (TPSA) is 92.3 Å². The van der Waals surface area contributed by atoms with Gasteiger partial charge in [0.25, 0.3) is 0 Å². The van der Waals surface area contributed by atoms with Crippen molar-refractivity contribution >= 4 is 34.6 Å². The highest BCUT2D eigenvalue weighted by molar-refractivity contribution is 6.33. The summed E-state index contributed by atoms with van der Waals surface area (Å²) in [6.07, 6.45) is 4.04. The second kappa shape index (κ2) is 7.84. The van der Waals surface area contributed by atoms with Crippen molar-refractivity contribution < 1.29 is 23.0 Å². The number of hydrogen-bond acceptors (Lipinski definition) is 6. The molecule has 0 spiro atoms. The third-order valence-corrected chi connectivity index (χ3v) is 4.69. The Kier molecular flexibility index (Phi) is 5.66. The number of halogens is 3. The molecule has 28 heavy (non-hydrogen) atoms. The van der Waals surface area contributed by atoms with Crippen molar-refractivity contribution in [3.8, 4) is 0 Å². The van der Waals surface area contributed by atoms with E-state index in [4.69, 9.17) is 22.1 Å². The van der Waals surface area contributed by atoms with Crippen molar-refractivity contribution in [1.29, 1.82) is 0 Å². The van der Waals surface area contributed by atoms with Crippen LogP contribution in [-0.4, -0.2) is 46.2 Å². The third-order valence-electron chi connectivity index (χ3n) is 4.42. The monoisotopic (exact) mass is 412 g/mol. The molecule has 2 N–H and O–H groups in total. The number of fused-ring (bicyclic) bond motifs is 1. The fraction of sp³-hybridized carbons (Fsp3) is 0.389. The molecular weight excluding hydrogens is 394 g/mol. The summed E-state index contributed by atoms with van der Waals surface area (Å²) in [6, 6.07) is 1.70. The molecule has 1 atom stereocenters. The van der Waals surface area contributed by atoms with Crippen LogP contribution in [0.4, 0.5) is 14.7 Å². The van der Waals surface area contributed by atoms with Crippen LogP contribution in [0.3, 0.4) is 0 Å². The van der Waals surface area contributed by atoms with E-state index in [0.717, 1.165) is 0 Å². The second-order valence-corrected chi connectivity index (χ2v) is 6.54. The lowest BCUT2D eigenvalue weighted by Crippen LogP contribution is -2.34. The summed E-state index contributed by atoms with van der Waals surface area (Å²) in [5.41, 5.74) is 6.80. The number of allylic oxidation sites excluding steroid dienone is 1. The summed E-state index contributed by atoms with van der Waals surface area (Å²) in [4.78, 5) is 19.7. The highest BCUT2D eigenvalue weighted by Crippen LogP contribution is 2.34. The van der Waals surface area contributed by atoms with Crippen molar-refractivity contribution in [2.24, 2.45) is 0 Å². The zero-order chi connectivity index (χ0) is 20.5. The van der Waals surface area contributed by atoms with E-state index < -0.39 is 23.6 Å². The summed E-state index contributed by atoms with van der Waals surface area (Å²) < 4.78 is 40.5. The maximum Gasteiger partial charge on any atom is 0.381 e. The molecule has 3 rings (SSSR count). The van der Waals surface area contributed by atoms with E-state index in [1.165, 1.54) is 26.2 Å². The van der Waals surface area contributed by atoms with Crippen LogP contribution in [0.5, 0.6) is 0 Å². The van der Waals surface area contributed by atoms with Gasteiger partial charge in [0, 0.05) is 25.4 Å². The van der Waals surface area contributed by atoms with Gasteiger partial charge in [0.05, 0.1) is 18.2 Å². The Balaban J connectivity index is 1.96. The molecule has 0 aromatic carbocycles. The van der Waals surface area contributed by atoms with Gasteiger partial charge in [-0.2, -0.15) is 13.8 Å². The lowest BCUT2D eigenvalue weighted by atomic mass is 9.93. The van der Waals surface area contributed by atoms with E-state index in [2.05, 4.69) is 14.7 Å². The number of nitrogens with two attached hydrogens (primary N) is 1. The maximum absolute atomic E-state index is 14.4. The quantitative estimate of drug-likeness (QED) is 0.579. The molecule has 2 heterocycles. The molecule has 10 heteroatoms. The van der Waals surface area contributed by atoms with Gasteiger partial charge in [-0.1, -0.05) is 17.7 Å². The Morgan fingerprint density at radius 2 is 2.21 bits per heavy atom. The maximum atomic E-state index is 14.4. The number of aromatic nitrogens is 3. The van der Waals surface area contributed by atoms with Gasteiger partial charge in [-0.3, -0.25) is 0 Å². The van der Waals surface area contributed by atoms with Crippen LogP contribution in [-0.2, 0) is 20.8 Å². The minimum Gasteiger partial charge on any atom is -0.461 e. The van der Waals surface area contributed by atoms with Crippen LogP contribution in [0, 0.1) is 0 Å². The molecule has 7 nitrogen and oxygen atoms in total. The molecule has 1 unspecified atom stereocenters. The van der Waals surface area contributed by atoms with Crippen molar-refractivity contribution in [3.05, 3.63) is 40.7 Å². The zero-order valence-electron chi connectivity index (χ0n) is 15.3. The van der Waals surface area contributed by atoms with Crippen LogP contribution < -0.4 is 5.73 Å². The number of methoxy groups -OCH3 is 1. The van der Waals surface area contributed by atoms with Gasteiger partial charge < -0.3 is 19.8 Å². The van der Waals surface area contributed by atoms with Crippen LogP contribution in [0.2, 0.25) is 5.15 Å². The van der Waals surface area contributed by atoms with Gasteiger partial charge in [0.15, 0.2) is 5.15 Å². The highest BCUT2D eigenvalue weighted by Gasteiger charge is 2.45. The van der Waals surface area contributed by atoms with Crippen LogP contribution in [0.25, 0.3) is 11.0 Å². The average molecular weight is 413 g/mol. The molecule has 0 saturated carbocycles. The lowest BCUT2D eigenvalue weighted by Gasteiger charge is -2.26. The zero-order valence-corrected chi connectivity index (χ0v) is 16.0. The number of ether oxygens (including phenoxy) is 2. The minimum absolute atomic E-state index is 0.0428. The number of hydrogen-bond donors (Lipinski definition) is 1. The number of carbonyl (C=O) groups excluding carboxylic acids is 1. The van der Waals surface area contributed by atoms with Crippen LogP contribution in [0.1, 0.15) is 13.3 Å². The number of nitrogens with zero attached hydrogens (tertiary/aromatic N) is 3. The van der Waals surface area contributed by atoms with Gasteiger partial charge in [0.2, 0.25) is 5.95 Å². The molecule has 0 aliphatic heterocycles. The molecule has 1 aliphatic rings. The number of anilines is 1. The molecule has 0 bridgehead atoms. The Labute approximate surface area is 164 Å². The summed E-state index contributed by atoms with van der Waals surface area (Å²) in [6.45, 7) is 1.54. The summed E-state index contributed by atoms with van der Waals surface area (Å²) >= 11 is 6.18. The van der Waals surface area contributed by atoms with E-state index in [1.807, 2.05) is 0 Å². The lowest BCUT2D eigenvalue weighted by molar-refractivity contribution is -0.165. The Hall–Kier alpha value is -2.52. The van der Waals surface area contributed by atoms with Crippen LogP contribution in [0.15, 0.2) is 35.6 Å². The standard InChI is InChI=1S/C18H19ClF2N4O3/c1-3-28-16(26)18(20,21)11-4-5-13(27-2)10(8-11)9-25-7-6-12-14(25)15(19)24-17(22)23-12/h4,6-8,13H,3,5,9H2,1-2H3,(H2,22,23,24). The van der Waals surface area contributed by atoms with E-state index in [1.54, 1.807) is 16.8 Å². The predicted octanol–water partition coefficient (Wildman–Crippen LogP) is 3.14. The molecule has 2 aromatic rings. The first kappa shape index (κ1) is 20.2. The van der Waals surface area contributed by atoms with E-state index in [0.29, 0.717) is 16.6 Å². The SMILES string of the molecule is CCOC(=O)C(F)(F)C1=CCC(OC)C(Cn2ccc3nc(N)nc(Cl)c32)=C1. The Morgan fingerprint density at radius 1 is 1.46 bits per heavy atom. The number of alkyl halides is 2. The normalized spacial score (nSPS) is 17.4. The third kappa shape index (κ3) is 3.72. The summed E-state index contributed by atoms with van der Waals surface area (Å²) in [5.74, 6) is -5.28. The number of nitrogen functional groups attached to an aromatic ring is 1. The number of esters is 1. The molecule has 0 amide bonds. The van der Waals surface area contributed by atoms with Gasteiger partial charge in [-0.05, 0) is 31.1 Å². The van der Waals surface area contributed by atoms with Crippen molar-refractivity contribution in [1.82, 2.24) is 14.5 Å². The summed E-state index contributed by atoms with van der Waals surface area (Å²) in [7, 11) is 1.49. The first-order valence-corrected chi connectivity index (χ1v) is 8.92. The molecule has 0 fully saturated rings. The van der Waals surface area contributed by atoms with Crippen molar-refractivity contribution in [3.63, 3.8) is 0 Å². The molecule has 1 aliphatic carbocycles. The number of carbonyl (C=O) groups is 1. The second-order valence-electron chi connectivity index (χ2n) is 6.18. The van der Waals surface area contributed by atoms with Crippen molar-refractivity contribution in [2.75, 3.05) is 19.5 Å². The molecule has 2 aromatic heterocycles. The average Bonchev–Trinajstić information content (AvgIpc) is 3.04. The predicted molar refractivity (Wildman–Crippen MR) is 100 cm³/mol. The van der Waals surface area contributed by atoms with E-state index >= 15 is 0 Å². The Morgan fingerprint density at radius 3 is 2.89 bits per heavy atom. The largest absolute Gasteiger partial charge is 0.461 e. The first-order valence-electron chi connectivity index (χ1n) is 8.54. The van der Waals surface area contributed by atoms with Gasteiger partial charge >= 0.3 is 11.9 Å². The van der Waals surface area contributed by atoms with E-state index in [-0.39, 0.29) is 30.7 Å². The van der Waals surface area contributed by atoms with E-state index in [9.17, 15) is 13.6 Å². The van der Waals surface area contributed by atoms with Crippen molar-refractivity contribution in [2.45, 2.75) is 31.9 Å². The fourth-order valence-electron chi connectivity index (χ4n) is 3.10. The highest BCUT2D eigenvalue weighted by atomic mass is 35.5. The fourth-order valence-corrected chi connectivity index (χ4v) is 3.39. The molecular formula is C18H19ClF2N4O3. The Bertz CT molecular complexity index is 971. The molecule has 0 radical (unpaired) electrons. The summed E-state index contributed by atoms with van der Waals surface area (Å²) in [5, 5.41) is 0.158. The first-order chi connectivity index (χ1) is 13.3. The van der Waals surface area contributed by atoms with Gasteiger partial charge in [-0.15, -0.1) is 0 Å². The molecule has 0 saturated heterocycles.